The van der Waals surface area contributed by atoms with Crippen molar-refractivity contribution in [3.05, 3.63) is 11.1 Å². The molecule has 2 aromatic heterocycles. The third kappa shape index (κ3) is 2.51. The number of hydrogen-bond acceptors (Lipinski definition) is 7. The Kier molecular flexibility index (Phi) is 2.77. The summed E-state index contributed by atoms with van der Waals surface area (Å²) < 4.78 is 0. The third-order valence-corrected chi connectivity index (χ3v) is 2.39. The Bertz CT molecular complexity index is 460. The van der Waals surface area contributed by atoms with E-state index >= 15 is 0 Å². The lowest BCUT2D eigenvalue weighted by molar-refractivity contribution is -0.115. The number of nitrogens with one attached hydrogen (secondary N) is 1. The lowest BCUT2D eigenvalue weighted by atomic mass is 10.3. The number of rotatable bonds is 3. The van der Waals surface area contributed by atoms with Gasteiger partial charge in [-0.25, -0.2) is 4.98 Å². The molecule has 0 fully saturated rings. The Balaban J connectivity index is 1.94. The summed E-state index contributed by atoms with van der Waals surface area (Å²) in [4.78, 5) is 16.7. The van der Waals surface area contributed by atoms with Crippen LogP contribution in [0.5, 0.6) is 0 Å². The molecular weight excluding hydrogens is 230 g/mol. The van der Waals surface area contributed by atoms with E-state index in [9.17, 15) is 4.79 Å². The molecule has 0 aliphatic rings. The van der Waals surface area contributed by atoms with Gasteiger partial charge in [0.2, 0.25) is 5.91 Å². The van der Waals surface area contributed by atoms with Crippen molar-refractivity contribution in [1.82, 2.24) is 25.2 Å². The van der Waals surface area contributed by atoms with E-state index < -0.39 is 0 Å². The maximum Gasteiger partial charge on any atom is 0.270 e. The minimum atomic E-state index is -0.252. The summed E-state index contributed by atoms with van der Waals surface area (Å²) >= 11 is 1.30. The second-order valence-electron chi connectivity index (χ2n) is 3.00. The minimum absolute atomic E-state index is 0.145. The molecule has 0 bridgehead atoms. The maximum absolute atomic E-state index is 11.5. The first-order chi connectivity index (χ1) is 7.63. The summed E-state index contributed by atoms with van der Waals surface area (Å²) in [6, 6.07) is 0. The van der Waals surface area contributed by atoms with Gasteiger partial charge in [0.25, 0.3) is 5.95 Å². The van der Waals surface area contributed by atoms with E-state index in [2.05, 4.69) is 25.7 Å². The number of thiazole rings is 1. The van der Waals surface area contributed by atoms with Crippen LogP contribution < -0.4 is 11.1 Å². The molecule has 0 unspecified atom stereocenters. The molecule has 2 rings (SSSR count). The van der Waals surface area contributed by atoms with Crippen molar-refractivity contribution in [2.75, 3.05) is 11.1 Å². The highest BCUT2D eigenvalue weighted by molar-refractivity contribution is 7.13. The number of hydrogen-bond donors (Lipinski definition) is 2. The van der Waals surface area contributed by atoms with Gasteiger partial charge in [0.05, 0.1) is 19.2 Å². The molecule has 1 amide bonds. The van der Waals surface area contributed by atoms with Gasteiger partial charge in [-0.1, -0.05) is 5.10 Å². The van der Waals surface area contributed by atoms with Crippen molar-refractivity contribution in [1.29, 1.82) is 0 Å². The Hall–Kier alpha value is -2.03. The average molecular weight is 239 g/mol. The van der Waals surface area contributed by atoms with E-state index in [0.29, 0.717) is 10.8 Å². The molecule has 0 aliphatic heterocycles. The Labute approximate surface area is 94.5 Å². The van der Waals surface area contributed by atoms with Crippen LogP contribution in [0.15, 0.2) is 5.38 Å². The first-order valence-electron chi connectivity index (χ1n) is 4.37. The van der Waals surface area contributed by atoms with Crippen LogP contribution >= 0.6 is 11.3 Å². The lowest BCUT2D eigenvalue weighted by Crippen LogP contribution is -2.15. The zero-order valence-corrected chi connectivity index (χ0v) is 9.23. The van der Waals surface area contributed by atoms with Gasteiger partial charge >= 0.3 is 0 Å². The summed E-state index contributed by atoms with van der Waals surface area (Å²) in [5.41, 5.74) is 6.08. The second kappa shape index (κ2) is 4.23. The SMILES string of the molecule is Cn1nnc(NC(=O)Cc2csc(N)n2)n1. The summed E-state index contributed by atoms with van der Waals surface area (Å²) in [7, 11) is 1.61. The van der Waals surface area contributed by atoms with Gasteiger partial charge in [-0.15, -0.1) is 16.4 Å². The molecule has 0 atom stereocenters. The van der Waals surface area contributed by atoms with Crippen LogP contribution in [0.1, 0.15) is 5.69 Å². The van der Waals surface area contributed by atoms with Gasteiger partial charge < -0.3 is 5.73 Å². The highest BCUT2D eigenvalue weighted by Crippen LogP contribution is 2.11. The van der Waals surface area contributed by atoms with Crippen molar-refractivity contribution in [3.8, 4) is 0 Å². The zero-order valence-electron chi connectivity index (χ0n) is 8.41. The van der Waals surface area contributed by atoms with Crippen LogP contribution in [0.2, 0.25) is 0 Å². The van der Waals surface area contributed by atoms with Gasteiger partial charge in [0.1, 0.15) is 0 Å². The number of tetrazole rings is 1. The molecule has 16 heavy (non-hydrogen) atoms. The van der Waals surface area contributed by atoms with Crippen molar-refractivity contribution in [2.45, 2.75) is 6.42 Å². The fourth-order valence-electron chi connectivity index (χ4n) is 1.07. The zero-order chi connectivity index (χ0) is 11.5. The van der Waals surface area contributed by atoms with Crippen LogP contribution in [-0.2, 0) is 18.3 Å². The highest BCUT2D eigenvalue weighted by atomic mass is 32.1. The van der Waals surface area contributed by atoms with Crippen molar-refractivity contribution < 1.29 is 4.79 Å². The van der Waals surface area contributed by atoms with Gasteiger partial charge in [-0.05, 0) is 5.21 Å². The first-order valence-corrected chi connectivity index (χ1v) is 5.25. The number of nitrogens with two attached hydrogens (primary N) is 1. The standard InChI is InChI=1S/C7H9N7OS/c1-14-12-7(11-13-14)10-5(15)2-4-3-16-6(8)9-4/h3H,2H2,1H3,(H2,8,9)(H,10,12,15). The number of aryl methyl sites for hydroxylation is 1. The number of carbonyl (C=O) groups excluding carboxylic acids is 1. The summed E-state index contributed by atoms with van der Waals surface area (Å²) in [6.07, 6.45) is 0.145. The van der Waals surface area contributed by atoms with Gasteiger partial charge in [-0.3, -0.25) is 10.1 Å². The molecule has 0 saturated heterocycles. The number of nitrogen functional groups attached to an aromatic ring is 1. The number of carbonyl (C=O) groups is 1. The molecule has 0 spiro atoms. The molecule has 0 radical (unpaired) electrons. The van der Waals surface area contributed by atoms with E-state index in [1.165, 1.54) is 16.1 Å². The number of nitrogens with zero attached hydrogens (tertiary/aromatic N) is 5. The van der Waals surface area contributed by atoms with Gasteiger partial charge in [0.15, 0.2) is 5.13 Å². The quantitative estimate of drug-likeness (QED) is 0.741. The Morgan fingerprint density at radius 3 is 3.06 bits per heavy atom. The molecule has 2 aromatic rings. The lowest BCUT2D eigenvalue weighted by Gasteiger charge is -1.96. The largest absolute Gasteiger partial charge is 0.375 e. The minimum Gasteiger partial charge on any atom is -0.375 e. The molecule has 0 aliphatic carbocycles. The molecule has 9 heteroatoms. The monoisotopic (exact) mass is 239 g/mol. The first kappa shape index (κ1) is 10.5. The molecule has 0 saturated carbocycles. The normalized spacial score (nSPS) is 10.3. The van der Waals surface area contributed by atoms with Crippen molar-refractivity contribution >= 4 is 28.3 Å². The fraction of sp³-hybridized carbons (Fsp3) is 0.286. The number of aromatic nitrogens is 5. The third-order valence-electron chi connectivity index (χ3n) is 1.67. The van der Waals surface area contributed by atoms with E-state index in [1.807, 2.05) is 0 Å². The molecule has 84 valence electrons. The van der Waals surface area contributed by atoms with Crippen LogP contribution in [0, 0.1) is 0 Å². The molecule has 3 N–H and O–H groups in total. The smallest absolute Gasteiger partial charge is 0.270 e. The summed E-state index contributed by atoms with van der Waals surface area (Å²) in [6.45, 7) is 0. The van der Waals surface area contributed by atoms with E-state index in [1.54, 1.807) is 12.4 Å². The predicted molar refractivity (Wildman–Crippen MR) is 57.7 cm³/mol. The van der Waals surface area contributed by atoms with Crippen molar-refractivity contribution in [2.24, 2.45) is 7.05 Å². The summed E-state index contributed by atoms with van der Waals surface area (Å²) in [5, 5.41) is 15.7. The number of anilines is 2. The van der Waals surface area contributed by atoms with Crippen LogP contribution in [0.4, 0.5) is 11.1 Å². The predicted octanol–water partition coefficient (Wildman–Crippen LogP) is -0.570. The van der Waals surface area contributed by atoms with E-state index in [0.717, 1.165) is 0 Å². The summed E-state index contributed by atoms with van der Waals surface area (Å²) in [5.74, 6) is -0.0750. The van der Waals surface area contributed by atoms with E-state index in [4.69, 9.17) is 5.73 Å². The Morgan fingerprint density at radius 1 is 1.69 bits per heavy atom. The van der Waals surface area contributed by atoms with Crippen LogP contribution in [-0.4, -0.2) is 31.1 Å². The molecule has 0 aromatic carbocycles. The number of amides is 1. The highest BCUT2D eigenvalue weighted by Gasteiger charge is 2.09. The van der Waals surface area contributed by atoms with E-state index in [-0.39, 0.29) is 18.3 Å². The van der Waals surface area contributed by atoms with Crippen LogP contribution in [0.25, 0.3) is 0 Å². The Morgan fingerprint density at radius 2 is 2.50 bits per heavy atom. The topological polar surface area (TPSA) is 112 Å². The van der Waals surface area contributed by atoms with Crippen LogP contribution in [0.3, 0.4) is 0 Å². The molecule has 2 heterocycles. The maximum atomic E-state index is 11.5. The average Bonchev–Trinajstić information content (AvgIpc) is 2.76. The molecular formula is C7H9N7OS. The fourth-order valence-corrected chi connectivity index (χ4v) is 1.63. The second-order valence-corrected chi connectivity index (χ2v) is 3.89. The van der Waals surface area contributed by atoms with Gasteiger partial charge in [0, 0.05) is 5.38 Å². The van der Waals surface area contributed by atoms with Gasteiger partial charge in [-0.2, -0.15) is 4.80 Å². The van der Waals surface area contributed by atoms with Crippen molar-refractivity contribution in [3.63, 3.8) is 0 Å². The molecule has 8 nitrogen and oxygen atoms in total.